The lowest BCUT2D eigenvalue weighted by atomic mass is 9.96. The van der Waals surface area contributed by atoms with Crippen LogP contribution in [0.2, 0.25) is 0 Å². The number of hydrogen-bond donors (Lipinski definition) is 0. The third-order valence-corrected chi connectivity index (χ3v) is 5.56. The minimum atomic E-state index is 0.120. The van der Waals surface area contributed by atoms with Crippen LogP contribution in [0.25, 0.3) is 0 Å². The Kier molecular flexibility index (Phi) is 4.55. The Hall–Kier alpha value is -2.17. The summed E-state index contributed by atoms with van der Waals surface area (Å²) in [4.78, 5) is 13.9. The molecule has 5 heteroatoms. The van der Waals surface area contributed by atoms with Gasteiger partial charge in [-0.15, -0.1) is 10.2 Å². The molecule has 3 heterocycles. The Balaban J connectivity index is 1.53. The molecule has 1 atom stereocenters. The van der Waals surface area contributed by atoms with E-state index in [1.54, 1.807) is 6.92 Å². The number of carbonyl (C=O) groups is 1. The summed E-state index contributed by atoms with van der Waals surface area (Å²) >= 11 is 0. The number of anilines is 1. The number of Topliss-reactive ketones (excluding diaryl/α,β-unsaturated/α-hetero) is 1. The fourth-order valence-electron chi connectivity index (χ4n) is 4.14. The zero-order valence-corrected chi connectivity index (χ0v) is 14.9. The Bertz CT molecular complexity index is 750. The van der Waals surface area contributed by atoms with Crippen LogP contribution in [0.15, 0.2) is 24.3 Å². The van der Waals surface area contributed by atoms with Gasteiger partial charge in [-0.05, 0) is 56.9 Å². The second kappa shape index (κ2) is 6.98. The van der Waals surface area contributed by atoms with Crippen LogP contribution in [0.3, 0.4) is 0 Å². The van der Waals surface area contributed by atoms with Crippen molar-refractivity contribution in [1.29, 1.82) is 0 Å². The van der Waals surface area contributed by atoms with E-state index in [2.05, 4.69) is 31.8 Å². The quantitative estimate of drug-likeness (QED) is 0.803. The van der Waals surface area contributed by atoms with Crippen molar-refractivity contribution >= 4 is 11.5 Å². The lowest BCUT2D eigenvalue weighted by Gasteiger charge is -2.34. The molecule has 4 rings (SSSR count). The van der Waals surface area contributed by atoms with Crippen molar-refractivity contribution in [1.82, 2.24) is 14.8 Å². The van der Waals surface area contributed by atoms with Crippen molar-refractivity contribution in [3.8, 4) is 0 Å². The average Bonchev–Trinajstić information content (AvgIpc) is 2.90. The summed E-state index contributed by atoms with van der Waals surface area (Å²) in [5.41, 5.74) is 1.98. The minimum Gasteiger partial charge on any atom is -0.371 e. The van der Waals surface area contributed by atoms with Crippen LogP contribution in [0.5, 0.6) is 0 Å². The Labute approximate surface area is 149 Å². The number of aromatic nitrogens is 3. The first-order chi connectivity index (χ1) is 12.2. The second-order valence-electron chi connectivity index (χ2n) is 7.32. The Morgan fingerprint density at radius 3 is 2.68 bits per heavy atom. The molecule has 0 unspecified atom stereocenters. The van der Waals surface area contributed by atoms with Gasteiger partial charge in [-0.25, -0.2) is 0 Å². The Morgan fingerprint density at radius 2 is 1.88 bits per heavy atom. The number of fused-ring (bicyclic) bond motifs is 1. The molecule has 0 spiro atoms. The standard InChI is InChI=1S/C20H26N4O/c1-15(25)16-8-10-18(11-9-16)23-12-5-6-17(14-23)20-22-21-19-7-3-2-4-13-24(19)20/h8-11,17H,2-7,12-14H2,1H3/t17-/m1/s1. The summed E-state index contributed by atoms with van der Waals surface area (Å²) in [6.45, 7) is 4.74. The van der Waals surface area contributed by atoms with Gasteiger partial charge in [0, 0.05) is 43.2 Å². The first-order valence-corrected chi connectivity index (χ1v) is 9.50. The zero-order chi connectivity index (χ0) is 17.2. The van der Waals surface area contributed by atoms with Gasteiger partial charge in [0.25, 0.3) is 0 Å². The summed E-state index contributed by atoms with van der Waals surface area (Å²) in [6.07, 6.45) is 7.18. The highest BCUT2D eigenvalue weighted by molar-refractivity contribution is 5.94. The van der Waals surface area contributed by atoms with Crippen molar-refractivity contribution in [2.75, 3.05) is 18.0 Å². The van der Waals surface area contributed by atoms with Crippen molar-refractivity contribution in [3.63, 3.8) is 0 Å². The van der Waals surface area contributed by atoms with Crippen LogP contribution in [0.4, 0.5) is 5.69 Å². The van der Waals surface area contributed by atoms with E-state index < -0.39 is 0 Å². The van der Waals surface area contributed by atoms with Gasteiger partial charge in [0.1, 0.15) is 11.6 Å². The SMILES string of the molecule is CC(=O)c1ccc(N2CCC[C@@H](c3nnc4n3CCCCC4)C2)cc1. The molecule has 5 nitrogen and oxygen atoms in total. The van der Waals surface area contributed by atoms with E-state index >= 15 is 0 Å². The van der Waals surface area contributed by atoms with Crippen LogP contribution in [-0.4, -0.2) is 33.6 Å². The maximum absolute atomic E-state index is 11.5. The first-order valence-electron chi connectivity index (χ1n) is 9.50. The number of nitrogens with zero attached hydrogens (tertiary/aromatic N) is 4. The van der Waals surface area contributed by atoms with Gasteiger partial charge in [-0.1, -0.05) is 6.42 Å². The molecule has 0 radical (unpaired) electrons. The number of carbonyl (C=O) groups excluding carboxylic acids is 1. The van der Waals surface area contributed by atoms with Crippen molar-refractivity contribution in [2.24, 2.45) is 0 Å². The second-order valence-corrected chi connectivity index (χ2v) is 7.32. The van der Waals surface area contributed by atoms with Crippen LogP contribution in [-0.2, 0) is 13.0 Å². The summed E-state index contributed by atoms with van der Waals surface area (Å²) < 4.78 is 2.39. The van der Waals surface area contributed by atoms with E-state index in [1.165, 1.54) is 49.4 Å². The summed E-state index contributed by atoms with van der Waals surface area (Å²) in [6, 6.07) is 8.02. The number of benzene rings is 1. The lowest BCUT2D eigenvalue weighted by Crippen LogP contribution is -2.35. The number of rotatable bonds is 3. The van der Waals surface area contributed by atoms with Gasteiger partial charge in [0.2, 0.25) is 0 Å². The van der Waals surface area contributed by atoms with Crippen molar-refractivity contribution in [2.45, 2.75) is 57.9 Å². The van der Waals surface area contributed by atoms with Gasteiger partial charge >= 0.3 is 0 Å². The maximum atomic E-state index is 11.5. The van der Waals surface area contributed by atoms with E-state index in [1.807, 2.05) is 12.1 Å². The topological polar surface area (TPSA) is 51.0 Å². The van der Waals surface area contributed by atoms with Crippen molar-refractivity contribution < 1.29 is 4.79 Å². The predicted octanol–water partition coefficient (Wildman–Crippen LogP) is 3.59. The predicted molar refractivity (Wildman–Crippen MR) is 98.2 cm³/mol. The molecule has 1 saturated heterocycles. The Morgan fingerprint density at radius 1 is 1.04 bits per heavy atom. The molecule has 1 aromatic heterocycles. The van der Waals surface area contributed by atoms with E-state index in [9.17, 15) is 4.79 Å². The molecule has 0 amide bonds. The monoisotopic (exact) mass is 338 g/mol. The average molecular weight is 338 g/mol. The van der Waals surface area contributed by atoms with Gasteiger partial charge in [0.05, 0.1) is 0 Å². The smallest absolute Gasteiger partial charge is 0.159 e. The van der Waals surface area contributed by atoms with E-state index in [4.69, 9.17) is 0 Å². The number of hydrogen-bond acceptors (Lipinski definition) is 4. The largest absolute Gasteiger partial charge is 0.371 e. The lowest BCUT2D eigenvalue weighted by molar-refractivity contribution is 0.101. The molecular weight excluding hydrogens is 312 g/mol. The fourth-order valence-corrected chi connectivity index (χ4v) is 4.14. The molecule has 0 bridgehead atoms. The molecule has 2 aromatic rings. The molecule has 25 heavy (non-hydrogen) atoms. The summed E-state index contributed by atoms with van der Waals surface area (Å²) in [7, 11) is 0. The van der Waals surface area contributed by atoms with E-state index in [0.29, 0.717) is 5.92 Å². The normalized spacial score (nSPS) is 20.8. The fraction of sp³-hybridized carbons (Fsp3) is 0.550. The zero-order valence-electron chi connectivity index (χ0n) is 14.9. The highest BCUT2D eigenvalue weighted by Gasteiger charge is 2.27. The van der Waals surface area contributed by atoms with Crippen LogP contribution in [0.1, 0.15) is 67.0 Å². The third kappa shape index (κ3) is 3.32. The van der Waals surface area contributed by atoms with Crippen LogP contribution in [0, 0.1) is 0 Å². The molecule has 0 aliphatic carbocycles. The highest BCUT2D eigenvalue weighted by Crippen LogP contribution is 2.30. The summed E-state index contributed by atoms with van der Waals surface area (Å²) in [5, 5.41) is 9.05. The third-order valence-electron chi connectivity index (χ3n) is 5.56. The molecule has 0 N–H and O–H groups in total. The van der Waals surface area contributed by atoms with Gasteiger partial charge in [0.15, 0.2) is 5.78 Å². The van der Waals surface area contributed by atoms with Gasteiger partial charge in [-0.2, -0.15) is 0 Å². The van der Waals surface area contributed by atoms with Gasteiger partial charge in [-0.3, -0.25) is 4.79 Å². The molecular formula is C20H26N4O. The molecule has 2 aliphatic heterocycles. The molecule has 132 valence electrons. The van der Waals surface area contributed by atoms with Gasteiger partial charge < -0.3 is 9.47 Å². The molecule has 1 aromatic carbocycles. The van der Waals surface area contributed by atoms with Crippen LogP contribution < -0.4 is 4.90 Å². The number of piperidine rings is 1. The summed E-state index contributed by atoms with van der Waals surface area (Å²) in [5.74, 6) is 2.92. The van der Waals surface area contributed by atoms with E-state index in [-0.39, 0.29) is 5.78 Å². The van der Waals surface area contributed by atoms with E-state index in [0.717, 1.165) is 31.6 Å². The van der Waals surface area contributed by atoms with Crippen LogP contribution >= 0.6 is 0 Å². The molecule has 2 aliphatic rings. The molecule has 0 saturated carbocycles. The number of ketones is 1. The molecule has 1 fully saturated rings. The maximum Gasteiger partial charge on any atom is 0.159 e. The minimum absolute atomic E-state index is 0.120. The van der Waals surface area contributed by atoms with Crippen molar-refractivity contribution in [3.05, 3.63) is 41.5 Å². The highest BCUT2D eigenvalue weighted by atomic mass is 16.1. The first kappa shape index (κ1) is 16.3. The number of aryl methyl sites for hydroxylation is 1.